The highest BCUT2D eigenvalue weighted by Crippen LogP contribution is 2.33. The first kappa shape index (κ1) is 9.59. The number of rotatable bonds is 5. The molecule has 1 N–H and O–H groups in total. The van der Waals surface area contributed by atoms with E-state index >= 15 is 0 Å². The van der Waals surface area contributed by atoms with Gasteiger partial charge in [0, 0.05) is 24.9 Å². The Morgan fingerprint density at radius 2 is 2.14 bits per heavy atom. The number of nitrogens with one attached hydrogen (secondary N) is 1. The van der Waals surface area contributed by atoms with Gasteiger partial charge in [0.25, 0.3) is 0 Å². The van der Waals surface area contributed by atoms with Gasteiger partial charge in [-0.25, -0.2) is 9.97 Å². The summed E-state index contributed by atoms with van der Waals surface area (Å²) in [4.78, 5) is 8.52. The Morgan fingerprint density at radius 3 is 2.71 bits per heavy atom. The van der Waals surface area contributed by atoms with Crippen molar-refractivity contribution in [2.45, 2.75) is 32.2 Å². The lowest BCUT2D eigenvalue weighted by molar-refractivity contribution is 0.463. The molecule has 3 nitrogen and oxygen atoms in total. The van der Waals surface area contributed by atoms with Gasteiger partial charge in [0.05, 0.1) is 0 Å². The van der Waals surface area contributed by atoms with E-state index in [1.807, 2.05) is 18.5 Å². The monoisotopic (exact) mass is 191 g/mol. The zero-order valence-electron chi connectivity index (χ0n) is 8.61. The summed E-state index contributed by atoms with van der Waals surface area (Å²) in [6.07, 6.45) is 7.34. The van der Waals surface area contributed by atoms with Gasteiger partial charge in [0.15, 0.2) is 0 Å². The maximum Gasteiger partial charge on any atom is 0.129 e. The van der Waals surface area contributed by atoms with Crippen LogP contribution in [0, 0.1) is 5.92 Å². The molecule has 14 heavy (non-hydrogen) atoms. The summed E-state index contributed by atoms with van der Waals surface area (Å²) in [6, 6.07) is 2.45. The van der Waals surface area contributed by atoms with Crippen molar-refractivity contribution >= 4 is 0 Å². The quantitative estimate of drug-likeness (QED) is 0.764. The molecule has 1 heterocycles. The molecule has 1 fully saturated rings. The number of hydrogen-bond donors (Lipinski definition) is 1. The minimum absolute atomic E-state index is 0.586. The van der Waals surface area contributed by atoms with E-state index in [9.17, 15) is 0 Å². The molecule has 0 radical (unpaired) electrons. The summed E-state index contributed by atoms with van der Waals surface area (Å²) < 4.78 is 0. The number of nitrogens with zero attached hydrogens (tertiary/aromatic N) is 2. The van der Waals surface area contributed by atoms with E-state index in [1.165, 1.54) is 12.8 Å². The summed E-state index contributed by atoms with van der Waals surface area (Å²) in [5.41, 5.74) is 0. The van der Waals surface area contributed by atoms with Crippen molar-refractivity contribution in [1.82, 2.24) is 15.3 Å². The van der Waals surface area contributed by atoms with E-state index < -0.39 is 0 Å². The lowest BCUT2D eigenvalue weighted by atomic mass is 10.1. The number of likely N-dealkylation sites (N-methyl/N-ethyl adjacent to an activating group) is 1. The molecular formula is C11H17N3. The van der Waals surface area contributed by atoms with Crippen LogP contribution in [0.25, 0.3) is 0 Å². The summed E-state index contributed by atoms with van der Waals surface area (Å²) >= 11 is 0. The third-order valence-electron chi connectivity index (χ3n) is 2.68. The lowest BCUT2D eigenvalue weighted by Gasteiger charge is -2.15. The first-order chi connectivity index (χ1) is 6.90. The van der Waals surface area contributed by atoms with E-state index in [0.29, 0.717) is 6.04 Å². The van der Waals surface area contributed by atoms with Crippen molar-refractivity contribution in [3.8, 4) is 0 Å². The van der Waals surface area contributed by atoms with Gasteiger partial charge in [-0.1, -0.05) is 6.92 Å². The van der Waals surface area contributed by atoms with Crippen molar-refractivity contribution in [1.29, 1.82) is 0 Å². The molecule has 1 aliphatic rings. The molecule has 0 amide bonds. The van der Waals surface area contributed by atoms with E-state index in [1.54, 1.807) is 0 Å². The van der Waals surface area contributed by atoms with Crippen LogP contribution in [-0.4, -0.2) is 22.6 Å². The number of hydrogen-bond acceptors (Lipinski definition) is 3. The van der Waals surface area contributed by atoms with Crippen molar-refractivity contribution in [2.24, 2.45) is 5.92 Å². The SMILES string of the molecule is CCNC(Cc1ncccn1)C1CC1. The maximum atomic E-state index is 4.26. The Kier molecular flexibility index (Phi) is 3.09. The second kappa shape index (κ2) is 4.51. The van der Waals surface area contributed by atoms with Crippen LogP contribution in [0.2, 0.25) is 0 Å². The van der Waals surface area contributed by atoms with Gasteiger partial charge >= 0.3 is 0 Å². The fourth-order valence-corrected chi connectivity index (χ4v) is 1.80. The summed E-state index contributed by atoms with van der Waals surface area (Å²) in [5, 5.41) is 3.51. The van der Waals surface area contributed by atoms with Gasteiger partial charge in [-0.3, -0.25) is 0 Å². The maximum absolute atomic E-state index is 4.26. The fourth-order valence-electron chi connectivity index (χ4n) is 1.80. The van der Waals surface area contributed by atoms with Crippen LogP contribution >= 0.6 is 0 Å². The second-order valence-corrected chi connectivity index (χ2v) is 3.87. The first-order valence-electron chi connectivity index (χ1n) is 5.39. The Hall–Kier alpha value is -0.960. The van der Waals surface area contributed by atoms with Crippen LogP contribution in [-0.2, 0) is 6.42 Å². The average molecular weight is 191 g/mol. The number of aromatic nitrogens is 2. The summed E-state index contributed by atoms with van der Waals surface area (Å²) in [7, 11) is 0. The molecule has 1 aromatic heterocycles. The minimum atomic E-state index is 0.586. The third-order valence-corrected chi connectivity index (χ3v) is 2.68. The van der Waals surface area contributed by atoms with E-state index in [-0.39, 0.29) is 0 Å². The molecule has 1 atom stereocenters. The molecule has 0 saturated heterocycles. The minimum Gasteiger partial charge on any atom is -0.314 e. The normalized spacial score (nSPS) is 18.1. The molecule has 2 rings (SSSR count). The summed E-state index contributed by atoms with van der Waals surface area (Å²) in [5.74, 6) is 1.82. The zero-order valence-corrected chi connectivity index (χ0v) is 8.61. The van der Waals surface area contributed by atoms with Gasteiger partial charge in [-0.2, -0.15) is 0 Å². The van der Waals surface area contributed by atoms with Crippen LogP contribution in [0.5, 0.6) is 0 Å². The van der Waals surface area contributed by atoms with Crippen molar-refractivity contribution < 1.29 is 0 Å². The van der Waals surface area contributed by atoms with Gasteiger partial charge in [-0.05, 0) is 31.4 Å². The Morgan fingerprint density at radius 1 is 1.43 bits per heavy atom. The Bertz CT molecular complexity index is 269. The molecule has 3 heteroatoms. The van der Waals surface area contributed by atoms with Crippen molar-refractivity contribution in [2.75, 3.05) is 6.54 Å². The molecular weight excluding hydrogens is 174 g/mol. The molecule has 0 bridgehead atoms. The molecule has 76 valence electrons. The van der Waals surface area contributed by atoms with Crippen molar-refractivity contribution in [3.63, 3.8) is 0 Å². The largest absolute Gasteiger partial charge is 0.314 e. The van der Waals surface area contributed by atoms with Crippen LogP contribution in [0.15, 0.2) is 18.5 Å². The van der Waals surface area contributed by atoms with Gasteiger partial charge in [0.1, 0.15) is 5.82 Å². The van der Waals surface area contributed by atoms with Crippen LogP contribution in [0.4, 0.5) is 0 Å². The molecule has 1 aromatic rings. The van der Waals surface area contributed by atoms with Gasteiger partial charge in [0.2, 0.25) is 0 Å². The topological polar surface area (TPSA) is 37.8 Å². The van der Waals surface area contributed by atoms with Gasteiger partial charge in [-0.15, -0.1) is 0 Å². The van der Waals surface area contributed by atoms with Crippen molar-refractivity contribution in [3.05, 3.63) is 24.3 Å². The predicted octanol–water partition coefficient (Wildman–Crippen LogP) is 1.41. The summed E-state index contributed by atoms with van der Waals surface area (Å²) in [6.45, 7) is 3.19. The highest BCUT2D eigenvalue weighted by molar-refractivity contribution is 4.96. The first-order valence-corrected chi connectivity index (χ1v) is 5.39. The highest BCUT2D eigenvalue weighted by atomic mass is 14.9. The van der Waals surface area contributed by atoms with Gasteiger partial charge < -0.3 is 5.32 Å². The standard InChI is InChI=1S/C11H17N3/c1-2-12-10(9-4-5-9)8-11-13-6-3-7-14-11/h3,6-7,9-10,12H,2,4-5,8H2,1H3. The zero-order chi connectivity index (χ0) is 9.80. The van der Waals surface area contributed by atoms with E-state index in [2.05, 4.69) is 22.2 Å². The highest BCUT2D eigenvalue weighted by Gasteiger charge is 2.30. The fraction of sp³-hybridized carbons (Fsp3) is 0.636. The predicted molar refractivity (Wildman–Crippen MR) is 55.9 cm³/mol. The Balaban J connectivity index is 1.93. The third kappa shape index (κ3) is 2.51. The Labute approximate surface area is 85.0 Å². The van der Waals surface area contributed by atoms with Crippen LogP contribution in [0.3, 0.4) is 0 Å². The molecule has 0 aliphatic heterocycles. The van der Waals surface area contributed by atoms with Crippen LogP contribution < -0.4 is 5.32 Å². The molecule has 1 unspecified atom stereocenters. The molecule has 0 aromatic carbocycles. The molecule has 0 spiro atoms. The average Bonchev–Trinajstić information content (AvgIpc) is 3.02. The van der Waals surface area contributed by atoms with E-state index in [4.69, 9.17) is 0 Å². The second-order valence-electron chi connectivity index (χ2n) is 3.87. The van der Waals surface area contributed by atoms with Crippen LogP contribution in [0.1, 0.15) is 25.6 Å². The smallest absolute Gasteiger partial charge is 0.129 e. The lowest BCUT2D eigenvalue weighted by Crippen LogP contribution is -2.33. The van der Waals surface area contributed by atoms with E-state index in [0.717, 1.165) is 24.7 Å². The molecule has 1 saturated carbocycles. The molecule has 1 aliphatic carbocycles.